The van der Waals surface area contributed by atoms with E-state index in [4.69, 9.17) is 9.47 Å². The molecule has 0 saturated carbocycles. The van der Waals surface area contributed by atoms with Crippen molar-refractivity contribution in [2.75, 3.05) is 6.61 Å². The van der Waals surface area contributed by atoms with Crippen molar-refractivity contribution in [2.24, 2.45) is 4.99 Å². The van der Waals surface area contributed by atoms with Crippen molar-refractivity contribution in [1.82, 2.24) is 4.57 Å². The summed E-state index contributed by atoms with van der Waals surface area (Å²) in [5, 5.41) is 10.1. The summed E-state index contributed by atoms with van der Waals surface area (Å²) in [4.78, 5) is 32.1. The molecular formula is C26H24I2N2O5S. The molecule has 1 atom stereocenters. The van der Waals surface area contributed by atoms with Gasteiger partial charge in [0.05, 0.1) is 41.7 Å². The summed E-state index contributed by atoms with van der Waals surface area (Å²) in [6.07, 6.45) is 1.47. The van der Waals surface area contributed by atoms with Gasteiger partial charge in [-0.25, -0.2) is 9.79 Å². The number of phenolic OH excluding ortho intramolecular Hbond substituents is 1. The second-order valence-electron chi connectivity index (χ2n) is 8.37. The maximum atomic E-state index is 13.7. The third-order valence-electron chi connectivity index (χ3n) is 5.43. The molecule has 3 aromatic rings. The van der Waals surface area contributed by atoms with Crippen LogP contribution in [0.3, 0.4) is 0 Å². The number of aromatic hydroxyl groups is 1. The average Bonchev–Trinajstić information content (AvgIpc) is 3.11. The number of nitrogens with zero attached hydrogens (tertiary/aromatic N) is 2. The number of benzene rings is 2. The summed E-state index contributed by atoms with van der Waals surface area (Å²) in [5.74, 6) is 0.425. The minimum Gasteiger partial charge on any atom is -0.506 e. The number of rotatable bonds is 6. The molecule has 7 nitrogen and oxygen atoms in total. The highest BCUT2D eigenvalue weighted by molar-refractivity contribution is 14.1. The van der Waals surface area contributed by atoms with Crippen molar-refractivity contribution in [1.29, 1.82) is 0 Å². The summed E-state index contributed by atoms with van der Waals surface area (Å²) in [6.45, 7) is 7.79. The number of halogens is 2. The molecule has 4 rings (SSSR count). The summed E-state index contributed by atoms with van der Waals surface area (Å²) in [5.41, 5.74) is 2.14. The first-order chi connectivity index (χ1) is 17.1. The van der Waals surface area contributed by atoms with E-state index >= 15 is 0 Å². The van der Waals surface area contributed by atoms with Crippen molar-refractivity contribution in [3.63, 3.8) is 0 Å². The van der Waals surface area contributed by atoms with Crippen molar-refractivity contribution in [3.05, 3.63) is 85.6 Å². The van der Waals surface area contributed by atoms with Crippen LogP contribution in [0.1, 0.15) is 44.9 Å². The maximum absolute atomic E-state index is 13.7. The van der Waals surface area contributed by atoms with Crippen molar-refractivity contribution in [2.45, 2.75) is 39.8 Å². The number of ether oxygens (including phenoxy) is 2. The van der Waals surface area contributed by atoms with E-state index in [1.807, 2.05) is 43.3 Å². The van der Waals surface area contributed by atoms with Gasteiger partial charge in [-0.15, -0.1) is 0 Å². The van der Waals surface area contributed by atoms with Gasteiger partial charge in [0.2, 0.25) is 0 Å². The Bertz CT molecular complexity index is 1510. The zero-order valence-corrected chi connectivity index (χ0v) is 25.2. The molecule has 0 amide bonds. The number of esters is 1. The third kappa shape index (κ3) is 5.40. The zero-order valence-electron chi connectivity index (χ0n) is 20.0. The lowest BCUT2D eigenvalue weighted by atomic mass is 9.96. The standard InChI is InChI=1S/C26H24I2N2O5S/c1-5-34-17-8-6-16(7-9-17)22-21(25(33)35-13(2)3)14(4)29-26-30(22)24(32)20(36-26)12-15-10-18(27)23(31)19(28)11-15/h6-13,22,31H,5H2,1-4H3/b20-12+/t22-/m1/s1. The van der Waals surface area contributed by atoms with Crippen molar-refractivity contribution < 1.29 is 19.4 Å². The van der Waals surface area contributed by atoms with Gasteiger partial charge in [-0.2, -0.15) is 0 Å². The van der Waals surface area contributed by atoms with Crippen molar-refractivity contribution in [3.8, 4) is 11.5 Å². The fourth-order valence-corrected chi connectivity index (χ4v) is 6.77. The Morgan fingerprint density at radius 2 is 1.86 bits per heavy atom. The van der Waals surface area contributed by atoms with E-state index in [2.05, 4.69) is 50.2 Å². The van der Waals surface area contributed by atoms with Crippen LogP contribution in [0.5, 0.6) is 11.5 Å². The quantitative estimate of drug-likeness (QED) is 0.298. The Morgan fingerprint density at radius 3 is 2.44 bits per heavy atom. The number of phenols is 1. The highest BCUT2D eigenvalue weighted by Crippen LogP contribution is 2.32. The molecule has 0 saturated heterocycles. The summed E-state index contributed by atoms with van der Waals surface area (Å²) < 4.78 is 14.5. The first kappa shape index (κ1) is 26.9. The van der Waals surface area contributed by atoms with E-state index in [1.165, 1.54) is 11.3 Å². The first-order valence-corrected chi connectivity index (χ1v) is 14.2. The number of allylic oxidation sites excluding steroid dienone is 1. The molecule has 0 unspecified atom stereocenters. The Labute approximate surface area is 239 Å². The Balaban J connectivity index is 1.92. The topological polar surface area (TPSA) is 90.1 Å². The van der Waals surface area contributed by atoms with E-state index in [0.717, 1.165) is 11.1 Å². The highest BCUT2D eigenvalue weighted by atomic mass is 127. The third-order valence-corrected chi connectivity index (χ3v) is 8.06. The molecule has 0 aliphatic carbocycles. The molecule has 1 aromatic heterocycles. The fraction of sp³-hybridized carbons (Fsp3) is 0.269. The predicted octanol–water partition coefficient (Wildman–Crippen LogP) is 4.50. The van der Waals surface area contributed by atoms with Gasteiger partial charge in [0, 0.05) is 0 Å². The smallest absolute Gasteiger partial charge is 0.338 e. The minimum atomic E-state index is -0.689. The van der Waals surface area contributed by atoms with E-state index in [9.17, 15) is 14.7 Å². The monoisotopic (exact) mass is 730 g/mol. The Kier molecular flexibility index (Phi) is 8.25. The van der Waals surface area contributed by atoms with Crippen LogP contribution in [0.15, 0.2) is 57.5 Å². The predicted molar refractivity (Wildman–Crippen MR) is 156 cm³/mol. The van der Waals surface area contributed by atoms with Crippen LogP contribution in [0.4, 0.5) is 0 Å². The number of carbonyl (C=O) groups is 1. The van der Waals surface area contributed by atoms with Gasteiger partial charge < -0.3 is 14.6 Å². The van der Waals surface area contributed by atoms with Gasteiger partial charge in [0.25, 0.3) is 5.56 Å². The number of hydrogen-bond acceptors (Lipinski definition) is 7. The molecule has 1 aliphatic rings. The van der Waals surface area contributed by atoms with Crippen LogP contribution >= 0.6 is 56.5 Å². The number of aromatic nitrogens is 1. The molecule has 2 aromatic carbocycles. The molecule has 1 N–H and O–H groups in total. The SMILES string of the molecule is CCOc1ccc([C@@H]2C(C(=O)OC(C)C)=C(C)N=c3s/c(=C/c4cc(I)c(O)c(I)c4)c(=O)n32)cc1. The van der Waals surface area contributed by atoms with Crippen LogP contribution in [0.2, 0.25) is 0 Å². The van der Waals surface area contributed by atoms with Crippen LogP contribution in [-0.2, 0) is 9.53 Å². The maximum Gasteiger partial charge on any atom is 0.338 e. The molecule has 1 aliphatic heterocycles. The number of carbonyl (C=O) groups excluding carboxylic acids is 1. The number of fused-ring (bicyclic) bond motifs is 1. The van der Waals surface area contributed by atoms with Gasteiger partial charge in [0.1, 0.15) is 11.5 Å². The first-order valence-electron chi connectivity index (χ1n) is 11.2. The largest absolute Gasteiger partial charge is 0.506 e. The molecular weight excluding hydrogens is 706 g/mol. The van der Waals surface area contributed by atoms with E-state index in [-0.39, 0.29) is 17.4 Å². The van der Waals surface area contributed by atoms with Gasteiger partial charge in [-0.05, 0) is 114 Å². The molecule has 10 heteroatoms. The molecule has 0 radical (unpaired) electrons. The minimum absolute atomic E-state index is 0.217. The van der Waals surface area contributed by atoms with E-state index in [1.54, 1.807) is 31.4 Å². The van der Waals surface area contributed by atoms with Gasteiger partial charge in [0.15, 0.2) is 4.80 Å². The molecule has 0 spiro atoms. The lowest BCUT2D eigenvalue weighted by Gasteiger charge is -2.25. The lowest BCUT2D eigenvalue weighted by molar-refractivity contribution is -0.143. The normalized spacial score (nSPS) is 15.6. The van der Waals surface area contributed by atoms with Gasteiger partial charge in [-0.1, -0.05) is 23.5 Å². The zero-order chi connectivity index (χ0) is 26.1. The molecule has 36 heavy (non-hydrogen) atoms. The molecule has 0 bridgehead atoms. The Hall–Kier alpha value is -2.19. The summed E-state index contributed by atoms with van der Waals surface area (Å²) in [7, 11) is 0. The fourth-order valence-electron chi connectivity index (χ4n) is 3.91. The second-order valence-corrected chi connectivity index (χ2v) is 11.7. The van der Waals surface area contributed by atoms with E-state index in [0.29, 0.717) is 40.1 Å². The molecule has 0 fully saturated rings. The highest BCUT2D eigenvalue weighted by Gasteiger charge is 2.33. The molecule has 2 heterocycles. The Morgan fingerprint density at radius 1 is 1.22 bits per heavy atom. The van der Waals surface area contributed by atoms with Crippen molar-refractivity contribution >= 4 is 68.6 Å². The average molecular weight is 730 g/mol. The number of hydrogen-bond donors (Lipinski definition) is 1. The number of thiazole rings is 1. The second kappa shape index (κ2) is 11.1. The van der Waals surface area contributed by atoms with Crippen LogP contribution in [0, 0.1) is 7.14 Å². The van der Waals surface area contributed by atoms with Crippen LogP contribution in [0.25, 0.3) is 6.08 Å². The lowest BCUT2D eigenvalue weighted by Crippen LogP contribution is -2.40. The van der Waals surface area contributed by atoms with Crippen LogP contribution < -0.4 is 19.6 Å². The van der Waals surface area contributed by atoms with Crippen LogP contribution in [-0.4, -0.2) is 28.4 Å². The summed E-state index contributed by atoms with van der Waals surface area (Å²) >= 11 is 5.39. The summed E-state index contributed by atoms with van der Waals surface area (Å²) in [6, 6.07) is 10.3. The van der Waals surface area contributed by atoms with Gasteiger partial charge >= 0.3 is 5.97 Å². The van der Waals surface area contributed by atoms with E-state index < -0.39 is 12.0 Å². The van der Waals surface area contributed by atoms with Gasteiger partial charge in [-0.3, -0.25) is 9.36 Å². The molecule has 188 valence electrons.